The van der Waals surface area contributed by atoms with Crippen molar-refractivity contribution in [3.63, 3.8) is 0 Å². The molecule has 1 saturated heterocycles. The lowest BCUT2D eigenvalue weighted by molar-refractivity contribution is -0.144. The van der Waals surface area contributed by atoms with Crippen LogP contribution >= 0.6 is 24.0 Å². The van der Waals surface area contributed by atoms with Crippen molar-refractivity contribution in [3.8, 4) is 0 Å². The summed E-state index contributed by atoms with van der Waals surface area (Å²) in [7, 11) is 0. The van der Waals surface area contributed by atoms with E-state index in [9.17, 15) is 14.7 Å². The Morgan fingerprint density at radius 2 is 2.04 bits per heavy atom. The van der Waals surface area contributed by atoms with Gasteiger partial charge in [0.1, 0.15) is 10.4 Å². The standard InChI is InChI=1S/C15H19N3O3S2/c16-13(19)7-6-12(14(20)21)18-9-17(15(22)23-10-18)8-11-4-2-1-3-5-11/h1-5,12H,6-10H2,(H2,16,19)(H,20,21). The van der Waals surface area contributed by atoms with E-state index in [0.29, 0.717) is 19.1 Å². The highest BCUT2D eigenvalue weighted by atomic mass is 32.2. The molecule has 0 aromatic heterocycles. The molecule has 0 aliphatic carbocycles. The summed E-state index contributed by atoms with van der Waals surface area (Å²) in [6.45, 7) is 1.06. The number of rotatable bonds is 7. The van der Waals surface area contributed by atoms with Crippen LogP contribution in [0, 0.1) is 0 Å². The monoisotopic (exact) mass is 353 g/mol. The molecule has 1 atom stereocenters. The highest BCUT2D eigenvalue weighted by Crippen LogP contribution is 2.24. The number of nitrogens with two attached hydrogens (primary N) is 1. The van der Waals surface area contributed by atoms with E-state index >= 15 is 0 Å². The first kappa shape index (κ1) is 17.7. The number of carbonyl (C=O) groups is 2. The molecule has 1 aromatic carbocycles. The van der Waals surface area contributed by atoms with Gasteiger partial charge in [-0.1, -0.05) is 54.3 Å². The predicted octanol–water partition coefficient (Wildman–Crippen LogP) is 1.46. The topological polar surface area (TPSA) is 86.9 Å². The van der Waals surface area contributed by atoms with E-state index in [0.717, 1.165) is 9.88 Å². The van der Waals surface area contributed by atoms with Crippen LogP contribution in [0.4, 0.5) is 0 Å². The first-order chi connectivity index (χ1) is 11.0. The number of amides is 1. The normalized spacial score (nSPS) is 17.0. The summed E-state index contributed by atoms with van der Waals surface area (Å²) in [5.41, 5.74) is 6.25. The summed E-state index contributed by atoms with van der Waals surface area (Å²) in [5.74, 6) is -0.934. The fourth-order valence-corrected chi connectivity index (χ4v) is 3.52. The summed E-state index contributed by atoms with van der Waals surface area (Å²) in [6.07, 6.45) is 0.262. The van der Waals surface area contributed by atoms with Gasteiger partial charge in [-0.2, -0.15) is 0 Å². The second kappa shape index (κ2) is 8.28. The lowest BCUT2D eigenvalue weighted by Gasteiger charge is -2.39. The van der Waals surface area contributed by atoms with Gasteiger partial charge in [-0.05, 0) is 12.0 Å². The maximum absolute atomic E-state index is 11.5. The van der Waals surface area contributed by atoms with Crippen LogP contribution in [0.1, 0.15) is 18.4 Å². The number of carbonyl (C=O) groups excluding carboxylic acids is 1. The minimum absolute atomic E-state index is 0.0568. The Bertz CT molecular complexity index is 583. The van der Waals surface area contributed by atoms with Crippen LogP contribution < -0.4 is 5.73 Å². The minimum Gasteiger partial charge on any atom is -0.480 e. The molecule has 1 unspecified atom stereocenters. The van der Waals surface area contributed by atoms with E-state index < -0.39 is 17.9 Å². The van der Waals surface area contributed by atoms with Crippen molar-refractivity contribution < 1.29 is 14.7 Å². The van der Waals surface area contributed by atoms with Gasteiger partial charge in [-0.25, -0.2) is 0 Å². The number of aliphatic carboxylic acids is 1. The van der Waals surface area contributed by atoms with Gasteiger partial charge in [-0.3, -0.25) is 14.5 Å². The minimum atomic E-state index is -0.945. The van der Waals surface area contributed by atoms with Gasteiger partial charge in [0.25, 0.3) is 0 Å². The smallest absolute Gasteiger partial charge is 0.321 e. The number of nitrogens with zero attached hydrogens (tertiary/aromatic N) is 2. The molecule has 0 spiro atoms. The van der Waals surface area contributed by atoms with Gasteiger partial charge in [0, 0.05) is 13.0 Å². The van der Waals surface area contributed by atoms with E-state index in [2.05, 4.69) is 0 Å². The third-order valence-corrected chi connectivity index (χ3v) is 5.15. The molecule has 0 radical (unpaired) electrons. The highest BCUT2D eigenvalue weighted by molar-refractivity contribution is 8.22. The highest BCUT2D eigenvalue weighted by Gasteiger charge is 2.31. The van der Waals surface area contributed by atoms with Crippen LogP contribution in [0.15, 0.2) is 30.3 Å². The first-order valence-electron chi connectivity index (χ1n) is 7.18. The van der Waals surface area contributed by atoms with E-state index in [4.69, 9.17) is 18.0 Å². The predicted molar refractivity (Wildman–Crippen MR) is 93.6 cm³/mol. The molecular formula is C15H19N3O3S2. The zero-order valence-electron chi connectivity index (χ0n) is 12.6. The van der Waals surface area contributed by atoms with Gasteiger partial charge in [-0.15, -0.1) is 0 Å². The molecule has 1 fully saturated rings. The number of hydrogen-bond acceptors (Lipinski definition) is 5. The van der Waals surface area contributed by atoms with Gasteiger partial charge in [0.15, 0.2) is 0 Å². The molecule has 8 heteroatoms. The number of thiocarbonyl (C=S) groups is 1. The van der Waals surface area contributed by atoms with Crippen molar-refractivity contribution in [1.82, 2.24) is 9.80 Å². The molecule has 1 heterocycles. The number of hydrogen-bond donors (Lipinski definition) is 2. The molecule has 1 aliphatic rings. The lowest BCUT2D eigenvalue weighted by Crippen LogP contribution is -2.51. The largest absolute Gasteiger partial charge is 0.480 e. The molecular weight excluding hydrogens is 334 g/mol. The van der Waals surface area contributed by atoms with Crippen molar-refractivity contribution in [2.45, 2.75) is 25.4 Å². The zero-order valence-corrected chi connectivity index (χ0v) is 14.2. The summed E-state index contributed by atoms with van der Waals surface area (Å²) in [5, 5.41) is 9.43. The first-order valence-corrected chi connectivity index (χ1v) is 8.57. The van der Waals surface area contributed by atoms with Gasteiger partial charge in [0.2, 0.25) is 5.91 Å². The quantitative estimate of drug-likeness (QED) is 0.718. The average Bonchev–Trinajstić information content (AvgIpc) is 2.51. The Morgan fingerprint density at radius 3 is 2.65 bits per heavy atom. The van der Waals surface area contributed by atoms with Gasteiger partial charge >= 0.3 is 5.97 Å². The number of benzene rings is 1. The summed E-state index contributed by atoms with van der Waals surface area (Å²) >= 11 is 6.82. The van der Waals surface area contributed by atoms with E-state index in [1.54, 1.807) is 0 Å². The Morgan fingerprint density at radius 1 is 1.35 bits per heavy atom. The molecule has 3 N–H and O–H groups in total. The number of primary amides is 1. The van der Waals surface area contributed by atoms with Crippen LogP contribution in [-0.4, -0.2) is 49.7 Å². The Balaban J connectivity index is 2.03. The zero-order chi connectivity index (χ0) is 16.8. The van der Waals surface area contributed by atoms with Crippen molar-refractivity contribution in [2.75, 3.05) is 12.5 Å². The molecule has 1 aliphatic heterocycles. The lowest BCUT2D eigenvalue weighted by atomic mass is 10.1. The van der Waals surface area contributed by atoms with Gasteiger partial charge in [0.05, 0.1) is 12.5 Å². The number of carboxylic acids is 1. The summed E-state index contributed by atoms with van der Waals surface area (Å²) in [4.78, 5) is 26.2. The van der Waals surface area contributed by atoms with Gasteiger partial charge < -0.3 is 15.7 Å². The molecule has 2 rings (SSSR count). The van der Waals surface area contributed by atoms with E-state index in [1.807, 2.05) is 40.1 Å². The van der Waals surface area contributed by atoms with Crippen molar-refractivity contribution in [3.05, 3.63) is 35.9 Å². The fourth-order valence-electron chi connectivity index (χ4n) is 2.40. The second-order valence-electron chi connectivity index (χ2n) is 5.31. The third kappa shape index (κ3) is 5.19. The number of carboxylic acid groups (broad SMARTS) is 1. The maximum Gasteiger partial charge on any atom is 0.321 e. The average molecular weight is 353 g/mol. The number of thioether (sulfide) groups is 1. The van der Waals surface area contributed by atoms with Crippen LogP contribution in [0.25, 0.3) is 0 Å². The van der Waals surface area contributed by atoms with E-state index in [1.165, 1.54) is 11.8 Å². The molecule has 1 amide bonds. The van der Waals surface area contributed by atoms with Crippen molar-refractivity contribution >= 4 is 40.2 Å². The van der Waals surface area contributed by atoms with Crippen molar-refractivity contribution in [2.24, 2.45) is 5.73 Å². The van der Waals surface area contributed by atoms with Crippen LogP contribution in [0.2, 0.25) is 0 Å². The molecule has 1 aromatic rings. The summed E-state index contributed by atoms with van der Waals surface area (Å²) in [6, 6.07) is 9.14. The molecule has 23 heavy (non-hydrogen) atoms. The molecule has 0 saturated carbocycles. The Kier molecular flexibility index (Phi) is 6.37. The fraction of sp³-hybridized carbons (Fsp3) is 0.400. The maximum atomic E-state index is 11.5. The van der Waals surface area contributed by atoms with E-state index in [-0.39, 0.29) is 12.8 Å². The molecule has 6 nitrogen and oxygen atoms in total. The van der Waals surface area contributed by atoms with Crippen LogP contribution in [0.5, 0.6) is 0 Å². The van der Waals surface area contributed by atoms with Crippen molar-refractivity contribution in [1.29, 1.82) is 0 Å². The van der Waals surface area contributed by atoms with Crippen LogP contribution in [0.3, 0.4) is 0 Å². The summed E-state index contributed by atoms with van der Waals surface area (Å²) < 4.78 is 0.754. The second-order valence-corrected chi connectivity index (χ2v) is 6.89. The Hall–Kier alpha value is -1.64. The molecule has 0 bridgehead atoms. The third-order valence-electron chi connectivity index (χ3n) is 3.57. The van der Waals surface area contributed by atoms with Crippen LogP contribution in [-0.2, 0) is 16.1 Å². The SMILES string of the molecule is NC(=O)CCC(C(=O)O)N1CSC(=S)N(Cc2ccccc2)C1. The molecule has 124 valence electrons. The Labute approximate surface area is 144 Å².